The Kier molecular flexibility index (Phi) is 6.33. The van der Waals surface area contributed by atoms with Crippen molar-refractivity contribution in [2.75, 3.05) is 4.90 Å². The van der Waals surface area contributed by atoms with Crippen LogP contribution < -0.4 is 4.90 Å². The molecule has 9 aromatic carbocycles. The van der Waals surface area contributed by atoms with Gasteiger partial charge >= 0.3 is 0 Å². The van der Waals surface area contributed by atoms with Crippen LogP contribution in [0.15, 0.2) is 180 Å². The number of hydrogen-bond acceptors (Lipinski definition) is 2. The van der Waals surface area contributed by atoms with Gasteiger partial charge in [0.1, 0.15) is 11.2 Å². The minimum absolute atomic E-state index is 0.129. The van der Waals surface area contributed by atoms with E-state index in [1.165, 1.54) is 82.5 Å². The van der Waals surface area contributed by atoms with Gasteiger partial charge in [-0.25, -0.2) is 0 Å². The number of nitrogens with zero attached hydrogens (tertiary/aromatic N) is 1. The van der Waals surface area contributed by atoms with E-state index in [1.54, 1.807) is 0 Å². The van der Waals surface area contributed by atoms with Crippen molar-refractivity contribution in [3.05, 3.63) is 187 Å². The third kappa shape index (κ3) is 4.33. The summed E-state index contributed by atoms with van der Waals surface area (Å²) in [4.78, 5) is 2.51. The fourth-order valence-corrected chi connectivity index (χ4v) is 9.14. The lowest BCUT2D eigenvalue weighted by molar-refractivity contribution is 0.660. The van der Waals surface area contributed by atoms with Crippen LogP contribution >= 0.6 is 0 Å². The lowest BCUT2D eigenvalue weighted by Crippen LogP contribution is -2.16. The number of benzene rings is 9. The maximum Gasteiger partial charge on any atom is 0.136 e. The van der Waals surface area contributed by atoms with Crippen molar-refractivity contribution in [2.45, 2.75) is 19.3 Å². The second-order valence-corrected chi connectivity index (χ2v) is 14.9. The number of fused-ring (bicyclic) bond motifs is 6. The Bertz CT molecular complexity index is 3010. The lowest BCUT2D eigenvalue weighted by atomic mass is 9.82. The quantitative estimate of drug-likeness (QED) is 0.169. The Morgan fingerprint density at radius 1 is 0.415 bits per heavy atom. The van der Waals surface area contributed by atoms with Crippen molar-refractivity contribution in [1.82, 2.24) is 0 Å². The standard InChI is InChI=1S/C51H35NO/c1-51(2)41-19-10-9-17-39(41)47-42(51)20-12-21-43(47)52(36-26-23-34(24-27-36)32-13-5-3-6-14-32)44-29-30-46-50-48(44)40-31-35(33-15-7-4-8-16-33)25-28-37(40)38-18-11-22-45(53-46)49(38)50/h3-31H,1-2H3. The molecule has 250 valence electrons. The van der Waals surface area contributed by atoms with Crippen molar-refractivity contribution < 1.29 is 4.42 Å². The Morgan fingerprint density at radius 3 is 1.85 bits per heavy atom. The van der Waals surface area contributed by atoms with Crippen LogP contribution in [0.25, 0.3) is 76.9 Å². The van der Waals surface area contributed by atoms with Gasteiger partial charge in [-0.2, -0.15) is 0 Å². The Balaban J connectivity index is 1.27. The molecule has 2 heteroatoms. The third-order valence-corrected chi connectivity index (χ3v) is 11.6. The van der Waals surface area contributed by atoms with E-state index < -0.39 is 0 Å². The van der Waals surface area contributed by atoms with E-state index in [2.05, 4.69) is 195 Å². The lowest BCUT2D eigenvalue weighted by Gasteiger charge is -2.30. The number of rotatable bonds is 5. The molecule has 10 aromatic rings. The highest BCUT2D eigenvalue weighted by Crippen LogP contribution is 2.56. The van der Waals surface area contributed by atoms with Gasteiger partial charge in [0, 0.05) is 32.8 Å². The summed E-state index contributed by atoms with van der Waals surface area (Å²) in [6.45, 7) is 4.72. The van der Waals surface area contributed by atoms with E-state index in [1.807, 2.05) is 0 Å². The zero-order valence-corrected chi connectivity index (χ0v) is 29.6. The number of furan rings is 1. The second kappa shape index (κ2) is 11.2. The van der Waals surface area contributed by atoms with Gasteiger partial charge in [-0.15, -0.1) is 0 Å². The molecule has 0 spiro atoms. The Labute approximate surface area is 308 Å². The van der Waals surface area contributed by atoms with E-state index in [-0.39, 0.29) is 5.41 Å². The first kappa shape index (κ1) is 30.0. The molecule has 0 atom stereocenters. The molecule has 53 heavy (non-hydrogen) atoms. The highest BCUT2D eigenvalue weighted by atomic mass is 16.3. The molecule has 1 aliphatic carbocycles. The molecule has 0 aliphatic heterocycles. The van der Waals surface area contributed by atoms with Crippen LogP contribution in [0, 0.1) is 0 Å². The summed E-state index contributed by atoms with van der Waals surface area (Å²) in [5.74, 6) is 0. The monoisotopic (exact) mass is 677 g/mol. The maximum absolute atomic E-state index is 6.64. The largest absolute Gasteiger partial charge is 0.456 e. The topological polar surface area (TPSA) is 16.4 Å². The van der Waals surface area contributed by atoms with Crippen LogP contribution in [0.2, 0.25) is 0 Å². The van der Waals surface area contributed by atoms with E-state index >= 15 is 0 Å². The molecule has 11 rings (SSSR count). The summed E-state index contributed by atoms with van der Waals surface area (Å²) < 4.78 is 6.64. The molecule has 0 N–H and O–H groups in total. The van der Waals surface area contributed by atoms with Crippen molar-refractivity contribution in [1.29, 1.82) is 0 Å². The molecule has 1 heterocycles. The van der Waals surface area contributed by atoms with Gasteiger partial charge in [0.05, 0.1) is 11.4 Å². The van der Waals surface area contributed by atoms with E-state index in [0.717, 1.165) is 22.5 Å². The summed E-state index contributed by atoms with van der Waals surface area (Å²) in [5.41, 5.74) is 15.2. The van der Waals surface area contributed by atoms with Crippen LogP contribution in [0.3, 0.4) is 0 Å². The first-order valence-electron chi connectivity index (χ1n) is 18.4. The molecule has 1 aliphatic rings. The summed E-state index contributed by atoms with van der Waals surface area (Å²) in [6, 6.07) is 64.1. The first-order chi connectivity index (χ1) is 26.1. The van der Waals surface area contributed by atoms with Gasteiger partial charge in [-0.05, 0) is 97.6 Å². The normalized spacial score (nSPS) is 13.2. The fourth-order valence-electron chi connectivity index (χ4n) is 9.14. The molecule has 0 radical (unpaired) electrons. The van der Waals surface area contributed by atoms with Crippen molar-refractivity contribution in [3.8, 4) is 33.4 Å². The van der Waals surface area contributed by atoms with Crippen LogP contribution in [-0.4, -0.2) is 0 Å². The molecule has 0 amide bonds. The third-order valence-electron chi connectivity index (χ3n) is 11.6. The molecule has 0 saturated carbocycles. The number of hydrogen-bond donors (Lipinski definition) is 0. The molecule has 0 unspecified atom stereocenters. The average molecular weight is 678 g/mol. The molecule has 2 nitrogen and oxygen atoms in total. The van der Waals surface area contributed by atoms with Gasteiger partial charge in [-0.3, -0.25) is 0 Å². The average Bonchev–Trinajstić information content (AvgIpc) is 3.71. The first-order valence-corrected chi connectivity index (χ1v) is 18.4. The van der Waals surface area contributed by atoms with Crippen LogP contribution in [-0.2, 0) is 5.41 Å². The van der Waals surface area contributed by atoms with Crippen LogP contribution in [0.5, 0.6) is 0 Å². The number of anilines is 3. The minimum atomic E-state index is -0.129. The fraction of sp³-hybridized carbons (Fsp3) is 0.0588. The molecular weight excluding hydrogens is 643 g/mol. The Hall–Kier alpha value is -6.64. The SMILES string of the molecule is CC1(C)c2ccccc2-c2c(N(c3ccc(-c4ccccc4)cc3)c3ccc4oc5cccc6c7ccc(-c8ccccc8)cc7c3c4c56)cccc21. The van der Waals surface area contributed by atoms with Crippen molar-refractivity contribution >= 4 is 60.5 Å². The van der Waals surface area contributed by atoms with Gasteiger partial charge in [-0.1, -0.05) is 147 Å². The predicted octanol–water partition coefficient (Wildman–Crippen LogP) is 14.4. The van der Waals surface area contributed by atoms with Crippen LogP contribution in [0.4, 0.5) is 17.1 Å². The molecule has 0 saturated heterocycles. The van der Waals surface area contributed by atoms with Crippen LogP contribution in [0.1, 0.15) is 25.0 Å². The van der Waals surface area contributed by atoms with Gasteiger partial charge in [0.25, 0.3) is 0 Å². The smallest absolute Gasteiger partial charge is 0.136 e. The van der Waals surface area contributed by atoms with Gasteiger partial charge in [0.15, 0.2) is 0 Å². The van der Waals surface area contributed by atoms with Gasteiger partial charge in [0.2, 0.25) is 0 Å². The molecular formula is C51H35NO. The molecule has 1 aromatic heterocycles. The Morgan fingerprint density at radius 2 is 1.06 bits per heavy atom. The summed E-state index contributed by atoms with van der Waals surface area (Å²) >= 11 is 0. The van der Waals surface area contributed by atoms with Crippen molar-refractivity contribution in [2.24, 2.45) is 0 Å². The van der Waals surface area contributed by atoms with E-state index in [4.69, 9.17) is 4.42 Å². The highest BCUT2D eigenvalue weighted by molar-refractivity contribution is 6.36. The second-order valence-electron chi connectivity index (χ2n) is 14.9. The zero-order valence-electron chi connectivity index (χ0n) is 29.6. The zero-order chi connectivity index (χ0) is 35.3. The molecule has 0 fully saturated rings. The van der Waals surface area contributed by atoms with Gasteiger partial charge < -0.3 is 9.32 Å². The highest BCUT2D eigenvalue weighted by Gasteiger charge is 2.38. The molecule has 0 bridgehead atoms. The summed E-state index contributed by atoms with van der Waals surface area (Å²) in [5, 5.41) is 7.21. The van der Waals surface area contributed by atoms with E-state index in [9.17, 15) is 0 Å². The summed E-state index contributed by atoms with van der Waals surface area (Å²) in [6.07, 6.45) is 0. The maximum atomic E-state index is 6.64. The minimum Gasteiger partial charge on any atom is -0.456 e. The van der Waals surface area contributed by atoms with E-state index in [0.29, 0.717) is 0 Å². The van der Waals surface area contributed by atoms with Crippen molar-refractivity contribution in [3.63, 3.8) is 0 Å². The predicted molar refractivity (Wildman–Crippen MR) is 223 cm³/mol. The summed E-state index contributed by atoms with van der Waals surface area (Å²) in [7, 11) is 0.